The molecule has 1 aromatic carbocycles. The van der Waals surface area contributed by atoms with E-state index in [9.17, 15) is 4.79 Å². The SMILES string of the molecule is CC1CCCN(Cc2ccc(CNC(=O)CN3CCN(c4ccccn4)CC3)cc2)C1. The standard InChI is InChI=1S/C25H35N5O/c1-21-5-4-12-29(18-21)19-23-9-7-22(8-10-23)17-27-25(31)20-28-13-15-30(16-14-28)24-6-2-3-11-26-24/h2-3,6-11,21H,4-5,12-20H2,1H3,(H,27,31). The Morgan fingerprint density at radius 1 is 1.00 bits per heavy atom. The number of carbonyl (C=O) groups excluding carboxylic acids is 1. The highest BCUT2D eigenvalue weighted by molar-refractivity contribution is 5.78. The highest BCUT2D eigenvalue weighted by atomic mass is 16.2. The van der Waals surface area contributed by atoms with Crippen molar-refractivity contribution in [1.29, 1.82) is 0 Å². The minimum atomic E-state index is 0.0951. The molecule has 2 aliphatic heterocycles. The second kappa shape index (κ2) is 10.7. The summed E-state index contributed by atoms with van der Waals surface area (Å²) >= 11 is 0. The minimum Gasteiger partial charge on any atom is -0.354 e. The number of hydrogen-bond donors (Lipinski definition) is 1. The highest BCUT2D eigenvalue weighted by Gasteiger charge is 2.20. The number of aromatic nitrogens is 1. The van der Waals surface area contributed by atoms with Gasteiger partial charge in [0.2, 0.25) is 5.91 Å². The Morgan fingerprint density at radius 2 is 1.77 bits per heavy atom. The van der Waals surface area contributed by atoms with Crippen molar-refractivity contribution in [2.24, 2.45) is 5.92 Å². The molecular weight excluding hydrogens is 386 g/mol. The highest BCUT2D eigenvalue weighted by Crippen LogP contribution is 2.18. The van der Waals surface area contributed by atoms with Crippen LogP contribution in [0.2, 0.25) is 0 Å². The molecule has 0 bridgehead atoms. The number of amides is 1. The van der Waals surface area contributed by atoms with E-state index in [0.717, 1.165) is 50.0 Å². The van der Waals surface area contributed by atoms with E-state index < -0.39 is 0 Å². The molecule has 2 aromatic rings. The summed E-state index contributed by atoms with van der Waals surface area (Å²) in [7, 11) is 0. The average molecular weight is 422 g/mol. The number of rotatable bonds is 7. The Bertz CT molecular complexity index is 818. The maximum atomic E-state index is 12.4. The summed E-state index contributed by atoms with van der Waals surface area (Å²) in [4.78, 5) is 23.9. The Morgan fingerprint density at radius 3 is 2.48 bits per heavy atom. The summed E-state index contributed by atoms with van der Waals surface area (Å²) in [5.41, 5.74) is 2.51. The van der Waals surface area contributed by atoms with Crippen LogP contribution in [0.25, 0.3) is 0 Å². The number of anilines is 1. The molecule has 31 heavy (non-hydrogen) atoms. The van der Waals surface area contributed by atoms with Crippen molar-refractivity contribution in [3.63, 3.8) is 0 Å². The van der Waals surface area contributed by atoms with Crippen molar-refractivity contribution in [2.45, 2.75) is 32.9 Å². The van der Waals surface area contributed by atoms with E-state index in [1.165, 1.54) is 31.5 Å². The first-order chi connectivity index (χ1) is 15.2. The Balaban J connectivity index is 1.16. The molecule has 6 heteroatoms. The van der Waals surface area contributed by atoms with Gasteiger partial charge in [0.05, 0.1) is 6.54 Å². The van der Waals surface area contributed by atoms with Gasteiger partial charge in [-0.1, -0.05) is 37.3 Å². The van der Waals surface area contributed by atoms with Crippen molar-refractivity contribution < 1.29 is 4.79 Å². The molecule has 1 unspecified atom stereocenters. The van der Waals surface area contributed by atoms with Gasteiger partial charge in [-0.2, -0.15) is 0 Å². The van der Waals surface area contributed by atoms with E-state index in [1.54, 1.807) is 0 Å². The molecule has 166 valence electrons. The first-order valence-electron chi connectivity index (χ1n) is 11.6. The Labute approximate surface area is 186 Å². The molecule has 0 radical (unpaired) electrons. The summed E-state index contributed by atoms with van der Waals surface area (Å²) in [5, 5.41) is 3.08. The maximum absolute atomic E-state index is 12.4. The molecule has 0 spiro atoms. The van der Waals surface area contributed by atoms with Crippen LogP contribution < -0.4 is 10.2 Å². The number of pyridine rings is 1. The molecule has 2 saturated heterocycles. The fourth-order valence-electron chi connectivity index (χ4n) is 4.59. The van der Waals surface area contributed by atoms with Crippen molar-refractivity contribution >= 4 is 11.7 Å². The Hall–Kier alpha value is -2.44. The third kappa shape index (κ3) is 6.52. The maximum Gasteiger partial charge on any atom is 0.234 e. The van der Waals surface area contributed by atoms with Gasteiger partial charge in [-0.25, -0.2) is 4.98 Å². The van der Waals surface area contributed by atoms with Crippen LogP contribution in [-0.4, -0.2) is 66.5 Å². The molecule has 4 rings (SSSR count). The van der Waals surface area contributed by atoms with Crippen LogP contribution in [0.1, 0.15) is 30.9 Å². The summed E-state index contributed by atoms with van der Waals surface area (Å²) in [5.74, 6) is 1.92. The van der Waals surface area contributed by atoms with Gasteiger partial charge in [-0.05, 0) is 48.6 Å². The number of nitrogens with zero attached hydrogens (tertiary/aromatic N) is 4. The second-order valence-electron chi connectivity index (χ2n) is 9.03. The molecule has 6 nitrogen and oxygen atoms in total. The number of likely N-dealkylation sites (tertiary alicyclic amines) is 1. The molecule has 1 N–H and O–H groups in total. The van der Waals surface area contributed by atoms with Crippen molar-refractivity contribution in [3.05, 3.63) is 59.8 Å². The first kappa shape index (κ1) is 21.8. The monoisotopic (exact) mass is 421 g/mol. The fourth-order valence-corrected chi connectivity index (χ4v) is 4.59. The quantitative estimate of drug-likeness (QED) is 0.745. The summed E-state index contributed by atoms with van der Waals surface area (Å²) in [6.07, 6.45) is 4.49. The molecule has 1 atom stereocenters. The molecule has 0 saturated carbocycles. The van der Waals surface area contributed by atoms with E-state index in [1.807, 2.05) is 24.4 Å². The predicted molar refractivity (Wildman–Crippen MR) is 125 cm³/mol. The van der Waals surface area contributed by atoms with Gasteiger partial charge in [0, 0.05) is 52.0 Å². The number of nitrogens with one attached hydrogen (secondary N) is 1. The summed E-state index contributed by atoms with van der Waals surface area (Å²) < 4.78 is 0. The largest absolute Gasteiger partial charge is 0.354 e. The van der Waals surface area contributed by atoms with E-state index in [2.05, 4.69) is 56.2 Å². The van der Waals surface area contributed by atoms with E-state index in [0.29, 0.717) is 13.1 Å². The minimum absolute atomic E-state index is 0.0951. The fraction of sp³-hybridized carbons (Fsp3) is 0.520. The van der Waals surface area contributed by atoms with Gasteiger partial charge in [0.1, 0.15) is 5.82 Å². The smallest absolute Gasteiger partial charge is 0.234 e. The lowest BCUT2D eigenvalue weighted by Crippen LogP contribution is -2.49. The van der Waals surface area contributed by atoms with Gasteiger partial charge in [-0.3, -0.25) is 14.6 Å². The summed E-state index contributed by atoms with van der Waals surface area (Å²) in [6.45, 7) is 10.4. The van der Waals surface area contributed by atoms with E-state index >= 15 is 0 Å². The average Bonchev–Trinajstić information content (AvgIpc) is 2.80. The van der Waals surface area contributed by atoms with Crippen LogP contribution >= 0.6 is 0 Å². The predicted octanol–water partition coefficient (Wildman–Crippen LogP) is 2.75. The molecule has 2 fully saturated rings. The number of piperidine rings is 1. The van der Waals surface area contributed by atoms with E-state index in [4.69, 9.17) is 0 Å². The van der Waals surface area contributed by atoms with Crippen LogP contribution in [0.3, 0.4) is 0 Å². The van der Waals surface area contributed by atoms with Crippen molar-refractivity contribution in [3.8, 4) is 0 Å². The van der Waals surface area contributed by atoms with Crippen molar-refractivity contribution in [2.75, 3.05) is 50.7 Å². The lowest BCUT2D eigenvalue weighted by molar-refractivity contribution is -0.122. The molecule has 2 aliphatic rings. The van der Waals surface area contributed by atoms with Crippen LogP contribution in [0.15, 0.2) is 48.7 Å². The van der Waals surface area contributed by atoms with Crippen LogP contribution in [0.4, 0.5) is 5.82 Å². The lowest BCUT2D eigenvalue weighted by atomic mass is 9.99. The number of piperazine rings is 1. The number of carbonyl (C=O) groups is 1. The molecule has 3 heterocycles. The molecule has 1 amide bonds. The molecular formula is C25H35N5O. The van der Waals surface area contributed by atoms with Crippen LogP contribution in [-0.2, 0) is 17.9 Å². The molecule has 0 aliphatic carbocycles. The number of hydrogen-bond acceptors (Lipinski definition) is 5. The third-order valence-corrected chi connectivity index (χ3v) is 6.37. The molecule has 1 aromatic heterocycles. The van der Waals surface area contributed by atoms with Crippen molar-refractivity contribution in [1.82, 2.24) is 20.1 Å². The van der Waals surface area contributed by atoms with Gasteiger partial charge in [0.15, 0.2) is 0 Å². The zero-order chi connectivity index (χ0) is 21.5. The third-order valence-electron chi connectivity index (χ3n) is 6.37. The van der Waals surface area contributed by atoms with E-state index in [-0.39, 0.29) is 5.91 Å². The van der Waals surface area contributed by atoms with Gasteiger partial charge >= 0.3 is 0 Å². The van der Waals surface area contributed by atoms with Gasteiger partial charge in [0.25, 0.3) is 0 Å². The van der Waals surface area contributed by atoms with Gasteiger partial charge in [-0.15, -0.1) is 0 Å². The zero-order valence-electron chi connectivity index (χ0n) is 18.7. The number of benzene rings is 1. The Kier molecular flexibility index (Phi) is 7.54. The normalized spacial score (nSPS) is 20.5. The van der Waals surface area contributed by atoms with Gasteiger partial charge < -0.3 is 10.2 Å². The lowest BCUT2D eigenvalue weighted by Gasteiger charge is -2.34. The second-order valence-corrected chi connectivity index (χ2v) is 9.03. The van der Waals surface area contributed by atoms with Crippen LogP contribution in [0.5, 0.6) is 0 Å². The van der Waals surface area contributed by atoms with Crippen LogP contribution in [0, 0.1) is 5.92 Å². The summed E-state index contributed by atoms with van der Waals surface area (Å²) in [6, 6.07) is 14.7. The first-order valence-corrected chi connectivity index (χ1v) is 11.6. The zero-order valence-corrected chi connectivity index (χ0v) is 18.7. The topological polar surface area (TPSA) is 51.7 Å².